The molecule has 1 N–H and O–H groups in total. The second-order valence-electron chi connectivity index (χ2n) is 1.90. The molecular weight excluding hydrogens is 156 g/mol. The van der Waals surface area contributed by atoms with Crippen molar-refractivity contribution < 1.29 is 13.2 Å². The highest BCUT2D eigenvalue weighted by atomic mass is 32.2. The second-order valence-corrected chi connectivity index (χ2v) is 3.91. The van der Waals surface area contributed by atoms with Gasteiger partial charge in [0.05, 0.1) is 6.26 Å². The number of hydrogen-bond acceptors (Lipinski definition) is 3. The molecule has 10 heavy (non-hydrogen) atoms. The molecule has 0 spiro atoms. The molecule has 0 bridgehead atoms. The summed E-state index contributed by atoms with van der Waals surface area (Å²) >= 11 is 0. The molecule has 6 heteroatoms. The van der Waals surface area contributed by atoms with Crippen molar-refractivity contribution in [1.82, 2.24) is 9.84 Å². The lowest BCUT2D eigenvalue weighted by Crippen LogP contribution is -2.41. The van der Waals surface area contributed by atoms with Gasteiger partial charge >= 0.3 is 0 Å². The Bertz CT molecular complexity index is 221. The third kappa shape index (κ3) is 3.41. The summed E-state index contributed by atoms with van der Waals surface area (Å²) in [6.45, 7) is 1.24. The zero-order valence-corrected chi connectivity index (χ0v) is 6.90. The monoisotopic (exact) mass is 166 g/mol. The van der Waals surface area contributed by atoms with Gasteiger partial charge in [0.2, 0.25) is 15.9 Å². The zero-order chi connectivity index (χ0) is 8.36. The van der Waals surface area contributed by atoms with E-state index < -0.39 is 15.9 Å². The first-order valence-corrected chi connectivity index (χ1v) is 4.40. The van der Waals surface area contributed by atoms with Crippen LogP contribution < -0.4 is 5.43 Å². The van der Waals surface area contributed by atoms with Crippen LogP contribution in [0.5, 0.6) is 0 Å². The molecule has 0 aromatic heterocycles. The fourth-order valence-corrected chi connectivity index (χ4v) is 0.599. The largest absolute Gasteiger partial charge is 0.276 e. The number of nitrogens with zero attached hydrogens (tertiary/aromatic N) is 1. The Labute approximate surface area is 60.0 Å². The third-order valence-corrected chi connectivity index (χ3v) is 1.90. The topological polar surface area (TPSA) is 66.5 Å². The summed E-state index contributed by atoms with van der Waals surface area (Å²) in [6.07, 6.45) is 1.00. The van der Waals surface area contributed by atoms with Crippen molar-refractivity contribution >= 4 is 15.9 Å². The Morgan fingerprint density at radius 1 is 1.50 bits per heavy atom. The molecule has 0 aromatic carbocycles. The van der Waals surface area contributed by atoms with E-state index in [0.29, 0.717) is 0 Å². The molecule has 0 rings (SSSR count). The first-order valence-electron chi connectivity index (χ1n) is 2.55. The Hall–Kier alpha value is -0.620. The minimum Gasteiger partial charge on any atom is -0.276 e. The lowest BCUT2D eigenvalue weighted by atomic mass is 10.8. The van der Waals surface area contributed by atoms with Crippen LogP contribution >= 0.6 is 0 Å². The lowest BCUT2D eigenvalue weighted by Gasteiger charge is -2.12. The van der Waals surface area contributed by atoms with Crippen LogP contribution in [-0.4, -0.2) is 32.0 Å². The van der Waals surface area contributed by atoms with E-state index in [1.165, 1.54) is 14.0 Å². The number of hydrogen-bond donors (Lipinski definition) is 1. The second kappa shape index (κ2) is 2.98. The smallest absolute Gasteiger partial charge is 0.231 e. The summed E-state index contributed by atoms with van der Waals surface area (Å²) in [5.41, 5.74) is 2.09. The number of nitrogens with one attached hydrogen (secondary N) is 1. The normalized spacial score (nSPS) is 11.6. The summed E-state index contributed by atoms with van der Waals surface area (Å²) in [5, 5.41) is 0. The first-order chi connectivity index (χ1) is 4.34. The quantitative estimate of drug-likeness (QED) is 0.531. The summed E-state index contributed by atoms with van der Waals surface area (Å²) in [4.78, 5) is 10.3. The van der Waals surface area contributed by atoms with Crippen LogP contribution in [0.2, 0.25) is 0 Å². The summed E-state index contributed by atoms with van der Waals surface area (Å²) in [5.74, 6) is -0.409. The van der Waals surface area contributed by atoms with Crippen molar-refractivity contribution in [3.63, 3.8) is 0 Å². The van der Waals surface area contributed by atoms with Gasteiger partial charge in [-0.2, -0.15) is 0 Å². The van der Waals surface area contributed by atoms with Gasteiger partial charge in [-0.3, -0.25) is 10.2 Å². The van der Waals surface area contributed by atoms with Gasteiger partial charge in [0.1, 0.15) is 0 Å². The van der Waals surface area contributed by atoms with Gasteiger partial charge in [-0.05, 0) is 0 Å². The Balaban J connectivity index is 4.12. The van der Waals surface area contributed by atoms with Crippen molar-refractivity contribution in [3.05, 3.63) is 0 Å². The van der Waals surface area contributed by atoms with Crippen LogP contribution in [0, 0.1) is 0 Å². The Morgan fingerprint density at radius 3 is 2.00 bits per heavy atom. The van der Waals surface area contributed by atoms with Crippen molar-refractivity contribution in [2.24, 2.45) is 0 Å². The van der Waals surface area contributed by atoms with E-state index >= 15 is 0 Å². The van der Waals surface area contributed by atoms with E-state index in [9.17, 15) is 13.2 Å². The van der Waals surface area contributed by atoms with Gasteiger partial charge in [-0.1, -0.05) is 0 Å². The fraction of sp³-hybridized carbons (Fsp3) is 0.750. The van der Waals surface area contributed by atoms with Gasteiger partial charge in [0.15, 0.2) is 0 Å². The fourth-order valence-electron chi connectivity index (χ4n) is 0.305. The van der Waals surface area contributed by atoms with Crippen LogP contribution in [0.15, 0.2) is 0 Å². The van der Waals surface area contributed by atoms with E-state index in [0.717, 1.165) is 10.7 Å². The van der Waals surface area contributed by atoms with E-state index in [4.69, 9.17) is 0 Å². The van der Waals surface area contributed by atoms with Crippen molar-refractivity contribution in [2.45, 2.75) is 6.92 Å². The van der Waals surface area contributed by atoms with Gasteiger partial charge in [0.25, 0.3) is 0 Å². The van der Waals surface area contributed by atoms with E-state index in [1.807, 2.05) is 0 Å². The number of carbonyl (C=O) groups excluding carboxylic acids is 1. The Kier molecular flexibility index (Phi) is 2.79. The standard InChI is InChI=1S/C4H10N2O3S/c1-4(7)5-6(2)10(3,8)9/h1-3H3,(H,5,7). The third-order valence-electron chi connectivity index (χ3n) is 0.812. The molecule has 0 aliphatic heterocycles. The summed E-state index contributed by atoms with van der Waals surface area (Å²) in [7, 11) is -2.04. The van der Waals surface area contributed by atoms with E-state index in [-0.39, 0.29) is 0 Å². The van der Waals surface area contributed by atoms with Crippen molar-refractivity contribution in [1.29, 1.82) is 0 Å². The molecule has 0 fully saturated rings. The molecule has 0 saturated heterocycles. The zero-order valence-electron chi connectivity index (χ0n) is 6.08. The number of hydrazine groups is 1. The van der Waals surface area contributed by atoms with Crippen LogP contribution in [0.3, 0.4) is 0 Å². The lowest BCUT2D eigenvalue weighted by molar-refractivity contribution is -0.121. The summed E-state index contributed by atoms with van der Waals surface area (Å²) in [6, 6.07) is 0. The molecule has 0 saturated carbocycles. The average Bonchev–Trinajstić information content (AvgIpc) is 1.60. The molecule has 0 atom stereocenters. The van der Waals surface area contributed by atoms with E-state index in [1.54, 1.807) is 0 Å². The highest BCUT2D eigenvalue weighted by molar-refractivity contribution is 7.88. The average molecular weight is 166 g/mol. The van der Waals surface area contributed by atoms with Crippen LogP contribution in [0.4, 0.5) is 0 Å². The number of amides is 1. The predicted molar refractivity (Wildman–Crippen MR) is 36.4 cm³/mol. The number of sulfonamides is 1. The molecule has 5 nitrogen and oxygen atoms in total. The molecule has 0 aliphatic carbocycles. The molecule has 0 aliphatic rings. The minimum absolute atomic E-state index is 0.409. The predicted octanol–water partition coefficient (Wildman–Crippen LogP) is -1.07. The maximum absolute atomic E-state index is 10.6. The molecule has 0 radical (unpaired) electrons. The van der Waals surface area contributed by atoms with Gasteiger partial charge in [0, 0.05) is 14.0 Å². The number of rotatable bonds is 2. The van der Waals surface area contributed by atoms with Crippen LogP contribution in [-0.2, 0) is 14.8 Å². The van der Waals surface area contributed by atoms with Crippen LogP contribution in [0.25, 0.3) is 0 Å². The molecule has 60 valence electrons. The molecule has 1 amide bonds. The Morgan fingerprint density at radius 2 is 1.90 bits per heavy atom. The molecule has 0 heterocycles. The highest BCUT2D eigenvalue weighted by Crippen LogP contribution is 1.85. The SMILES string of the molecule is CC(=O)NN(C)S(C)(=O)=O. The van der Waals surface area contributed by atoms with Gasteiger partial charge < -0.3 is 0 Å². The van der Waals surface area contributed by atoms with Crippen LogP contribution in [0.1, 0.15) is 6.92 Å². The number of carbonyl (C=O) groups is 1. The highest BCUT2D eigenvalue weighted by Gasteiger charge is 2.10. The van der Waals surface area contributed by atoms with Gasteiger partial charge in [-0.25, -0.2) is 8.42 Å². The van der Waals surface area contributed by atoms with Crippen molar-refractivity contribution in [2.75, 3.05) is 13.3 Å². The maximum Gasteiger partial charge on any atom is 0.231 e. The summed E-state index contributed by atoms with van der Waals surface area (Å²) < 4.78 is 21.9. The van der Waals surface area contributed by atoms with E-state index in [2.05, 4.69) is 5.43 Å². The molecular formula is C4H10N2O3S. The van der Waals surface area contributed by atoms with Crippen molar-refractivity contribution in [3.8, 4) is 0 Å². The van der Waals surface area contributed by atoms with Gasteiger partial charge in [-0.15, -0.1) is 4.41 Å². The molecule has 0 unspecified atom stereocenters. The first kappa shape index (κ1) is 9.38. The maximum atomic E-state index is 10.6. The minimum atomic E-state index is -3.30. The molecule has 0 aromatic rings.